The van der Waals surface area contributed by atoms with Gasteiger partial charge in [0, 0.05) is 16.4 Å². The molecule has 2 aromatic carbocycles. The Morgan fingerprint density at radius 1 is 1.00 bits per heavy atom. The van der Waals surface area contributed by atoms with E-state index in [1.54, 1.807) is 30.3 Å². The van der Waals surface area contributed by atoms with Crippen LogP contribution in [0.2, 0.25) is 10.0 Å². The highest BCUT2D eigenvalue weighted by molar-refractivity contribution is 6.32. The van der Waals surface area contributed by atoms with Crippen LogP contribution in [0.25, 0.3) is 0 Å². The Hall–Kier alpha value is -1.91. The van der Waals surface area contributed by atoms with E-state index in [0.717, 1.165) is 5.56 Å². The molecule has 0 bridgehead atoms. The summed E-state index contributed by atoms with van der Waals surface area (Å²) < 4.78 is 5.05. The van der Waals surface area contributed by atoms with Crippen molar-refractivity contribution in [2.24, 2.45) is 0 Å². The number of carbonyl (C=O) groups is 1. The number of hydrogen-bond acceptors (Lipinski definition) is 2. The highest BCUT2D eigenvalue weighted by Gasteiger charge is 2.06. The highest BCUT2D eigenvalue weighted by Crippen LogP contribution is 2.27. The first-order valence-electron chi connectivity index (χ1n) is 6.17. The molecule has 0 spiro atoms. The second-order valence-corrected chi connectivity index (χ2v) is 5.21. The van der Waals surface area contributed by atoms with Crippen LogP contribution in [0.3, 0.4) is 0 Å². The lowest BCUT2D eigenvalue weighted by Crippen LogP contribution is -2.19. The van der Waals surface area contributed by atoms with Gasteiger partial charge in [0.15, 0.2) is 0 Å². The number of halogens is 2. The fraction of sp³-hybridized carbons (Fsp3) is 0.133. The van der Waals surface area contributed by atoms with Crippen LogP contribution in [-0.2, 0) is 0 Å². The molecule has 0 radical (unpaired) electrons. The number of anilines is 2. The monoisotopic (exact) mass is 324 g/mol. The third-order valence-corrected chi connectivity index (χ3v) is 3.54. The van der Waals surface area contributed by atoms with E-state index in [2.05, 4.69) is 10.6 Å². The minimum absolute atomic E-state index is 0.379. The summed E-state index contributed by atoms with van der Waals surface area (Å²) in [6.45, 7) is 1.89. The molecule has 4 nitrogen and oxygen atoms in total. The maximum absolute atomic E-state index is 11.9. The molecule has 110 valence electrons. The summed E-state index contributed by atoms with van der Waals surface area (Å²) in [6.07, 6.45) is 0. The van der Waals surface area contributed by atoms with Crippen LogP contribution in [0.15, 0.2) is 36.4 Å². The maximum Gasteiger partial charge on any atom is 0.323 e. The molecule has 0 unspecified atom stereocenters. The number of rotatable bonds is 3. The number of amides is 2. The minimum atomic E-state index is -0.379. The van der Waals surface area contributed by atoms with Crippen LogP contribution in [0.5, 0.6) is 5.75 Å². The molecule has 0 aliphatic rings. The number of aryl methyl sites for hydroxylation is 1. The van der Waals surface area contributed by atoms with Crippen molar-refractivity contribution in [3.05, 3.63) is 52.0 Å². The quantitative estimate of drug-likeness (QED) is 0.838. The molecule has 0 fully saturated rings. The Labute approximate surface area is 133 Å². The van der Waals surface area contributed by atoms with E-state index in [9.17, 15) is 4.79 Å². The highest BCUT2D eigenvalue weighted by atomic mass is 35.5. The van der Waals surface area contributed by atoms with Crippen LogP contribution < -0.4 is 15.4 Å². The molecule has 2 aromatic rings. The number of methoxy groups -OCH3 is 1. The first-order valence-corrected chi connectivity index (χ1v) is 6.93. The molecule has 2 N–H and O–H groups in total. The predicted octanol–water partition coefficient (Wildman–Crippen LogP) is 4.95. The number of ether oxygens (including phenoxy) is 1. The van der Waals surface area contributed by atoms with Crippen molar-refractivity contribution in [3.8, 4) is 5.75 Å². The van der Waals surface area contributed by atoms with E-state index in [1.165, 1.54) is 7.11 Å². The van der Waals surface area contributed by atoms with Gasteiger partial charge in [0.25, 0.3) is 0 Å². The van der Waals surface area contributed by atoms with Crippen LogP contribution in [0.1, 0.15) is 5.56 Å². The number of nitrogens with one attached hydrogen (secondary N) is 2. The number of carbonyl (C=O) groups excluding carboxylic acids is 1. The van der Waals surface area contributed by atoms with Gasteiger partial charge in [-0.05, 0) is 42.8 Å². The van der Waals surface area contributed by atoms with Crippen LogP contribution >= 0.6 is 23.2 Å². The van der Waals surface area contributed by atoms with Crippen molar-refractivity contribution in [3.63, 3.8) is 0 Å². The van der Waals surface area contributed by atoms with Crippen LogP contribution in [0.4, 0.5) is 16.2 Å². The molecular formula is C15H14Cl2N2O2. The summed E-state index contributed by atoms with van der Waals surface area (Å²) in [7, 11) is 1.53. The third-order valence-electron chi connectivity index (χ3n) is 2.84. The van der Waals surface area contributed by atoms with Crippen molar-refractivity contribution in [1.82, 2.24) is 0 Å². The zero-order valence-electron chi connectivity index (χ0n) is 11.5. The largest absolute Gasteiger partial charge is 0.495 e. The summed E-state index contributed by atoms with van der Waals surface area (Å²) in [5.41, 5.74) is 2.13. The van der Waals surface area contributed by atoms with Gasteiger partial charge in [0.05, 0.1) is 12.1 Å². The standard InChI is InChI=1S/C15H14Cl2N2O2/c1-9-3-4-10(7-12(9)16)18-15(20)19-11-5-6-14(21-2)13(17)8-11/h3-8H,1-2H3,(H2,18,19,20). The molecule has 0 saturated carbocycles. The van der Waals surface area contributed by atoms with E-state index in [1.807, 2.05) is 13.0 Å². The van der Waals surface area contributed by atoms with Crippen molar-refractivity contribution in [1.29, 1.82) is 0 Å². The molecule has 6 heteroatoms. The molecule has 0 saturated heterocycles. The lowest BCUT2D eigenvalue weighted by molar-refractivity contribution is 0.262. The predicted molar refractivity (Wildman–Crippen MR) is 86.8 cm³/mol. The summed E-state index contributed by atoms with van der Waals surface area (Å²) in [6, 6.07) is 9.92. The fourth-order valence-corrected chi connectivity index (χ4v) is 2.15. The Kier molecular flexibility index (Phi) is 4.94. The lowest BCUT2D eigenvalue weighted by Gasteiger charge is -2.10. The van der Waals surface area contributed by atoms with E-state index in [0.29, 0.717) is 27.2 Å². The summed E-state index contributed by atoms with van der Waals surface area (Å²) >= 11 is 12.0. The summed E-state index contributed by atoms with van der Waals surface area (Å²) in [5, 5.41) is 6.40. The smallest absolute Gasteiger partial charge is 0.323 e. The van der Waals surface area contributed by atoms with E-state index >= 15 is 0 Å². The second kappa shape index (κ2) is 6.70. The molecule has 2 amide bonds. The Morgan fingerprint density at radius 2 is 1.57 bits per heavy atom. The minimum Gasteiger partial charge on any atom is -0.495 e. The van der Waals surface area contributed by atoms with Gasteiger partial charge in [-0.15, -0.1) is 0 Å². The molecule has 0 aliphatic carbocycles. The Bertz CT molecular complexity index is 675. The summed E-state index contributed by atoms with van der Waals surface area (Å²) in [4.78, 5) is 11.9. The van der Waals surface area contributed by atoms with Gasteiger partial charge >= 0.3 is 6.03 Å². The van der Waals surface area contributed by atoms with Gasteiger partial charge < -0.3 is 15.4 Å². The van der Waals surface area contributed by atoms with Crippen molar-refractivity contribution >= 4 is 40.6 Å². The average molecular weight is 325 g/mol. The number of benzene rings is 2. The Morgan fingerprint density at radius 3 is 2.10 bits per heavy atom. The van der Waals surface area contributed by atoms with Gasteiger partial charge in [-0.2, -0.15) is 0 Å². The average Bonchev–Trinajstić information content (AvgIpc) is 2.43. The van der Waals surface area contributed by atoms with Crippen LogP contribution in [0, 0.1) is 6.92 Å². The van der Waals surface area contributed by atoms with E-state index in [4.69, 9.17) is 27.9 Å². The first kappa shape index (κ1) is 15.5. The zero-order chi connectivity index (χ0) is 15.4. The van der Waals surface area contributed by atoms with Gasteiger partial charge in [0.1, 0.15) is 5.75 Å². The van der Waals surface area contributed by atoms with Crippen LogP contribution in [-0.4, -0.2) is 13.1 Å². The van der Waals surface area contributed by atoms with Crippen molar-refractivity contribution < 1.29 is 9.53 Å². The molecular weight excluding hydrogens is 311 g/mol. The van der Waals surface area contributed by atoms with Crippen molar-refractivity contribution in [2.45, 2.75) is 6.92 Å². The number of hydrogen-bond donors (Lipinski definition) is 2. The normalized spacial score (nSPS) is 10.1. The van der Waals surface area contributed by atoms with E-state index in [-0.39, 0.29) is 6.03 Å². The molecule has 21 heavy (non-hydrogen) atoms. The molecule has 0 atom stereocenters. The lowest BCUT2D eigenvalue weighted by atomic mass is 10.2. The van der Waals surface area contributed by atoms with E-state index < -0.39 is 0 Å². The molecule has 2 rings (SSSR count). The van der Waals surface area contributed by atoms with Gasteiger partial charge in [-0.25, -0.2) is 4.79 Å². The maximum atomic E-state index is 11.9. The number of urea groups is 1. The third kappa shape index (κ3) is 4.03. The molecule has 0 aromatic heterocycles. The zero-order valence-corrected chi connectivity index (χ0v) is 13.0. The fourth-order valence-electron chi connectivity index (χ4n) is 1.71. The van der Waals surface area contributed by atoms with Gasteiger partial charge in [0.2, 0.25) is 0 Å². The second-order valence-electron chi connectivity index (χ2n) is 4.39. The molecule has 0 aliphatic heterocycles. The summed E-state index contributed by atoms with van der Waals surface area (Å²) in [5.74, 6) is 0.549. The van der Waals surface area contributed by atoms with Crippen molar-refractivity contribution in [2.75, 3.05) is 17.7 Å². The SMILES string of the molecule is COc1ccc(NC(=O)Nc2ccc(C)c(Cl)c2)cc1Cl. The molecule has 0 heterocycles. The Balaban J connectivity index is 2.04. The topological polar surface area (TPSA) is 50.4 Å². The first-order chi connectivity index (χ1) is 9.99. The van der Waals surface area contributed by atoms with Gasteiger partial charge in [-0.1, -0.05) is 29.3 Å². The van der Waals surface area contributed by atoms with Gasteiger partial charge in [-0.3, -0.25) is 0 Å².